The summed E-state index contributed by atoms with van der Waals surface area (Å²) in [6.07, 6.45) is 1.38. The predicted octanol–water partition coefficient (Wildman–Crippen LogP) is 3.12. The van der Waals surface area contributed by atoms with Gasteiger partial charge in [0.15, 0.2) is 0 Å². The number of nitrogens with one attached hydrogen (secondary N) is 2. The number of aromatic nitrogens is 1. The fraction of sp³-hybridized carbons (Fsp3) is 0.435. The van der Waals surface area contributed by atoms with E-state index in [1.807, 2.05) is 0 Å². The zero-order valence-corrected chi connectivity index (χ0v) is 18.1. The third kappa shape index (κ3) is 5.13. The molecule has 2 heterocycles. The Labute approximate surface area is 181 Å². The van der Waals surface area contributed by atoms with Gasteiger partial charge in [-0.1, -0.05) is 12.1 Å². The molecule has 0 aliphatic carbocycles. The van der Waals surface area contributed by atoms with E-state index in [2.05, 4.69) is 10.3 Å². The number of halogens is 1. The average molecular weight is 429 g/mol. The maximum atomic E-state index is 13.3. The van der Waals surface area contributed by atoms with E-state index in [0.29, 0.717) is 54.0 Å². The Bertz CT molecular complexity index is 985. The van der Waals surface area contributed by atoms with E-state index in [-0.39, 0.29) is 36.7 Å². The van der Waals surface area contributed by atoms with Crippen LogP contribution in [-0.2, 0) is 16.1 Å². The van der Waals surface area contributed by atoms with Crippen molar-refractivity contribution in [2.24, 2.45) is 5.92 Å². The molecule has 2 N–H and O–H groups in total. The van der Waals surface area contributed by atoms with Gasteiger partial charge in [0.25, 0.3) is 5.91 Å². The van der Waals surface area contributed by atoms with Crippen LogP contribution in [-0.4, -0.2) is 47.4 Å². The summed E-state index contributed by atoms with van der Waals surface area (Å²) in [6.45, 7) is 6.50. The van der Waals surface area contributed by atoms with Crippen molar-refractivity contribution in [2.45, 2.75) is 40.2 Å². The van der Waals surface area contributed by atoms with Gasteiger partial charge < -0.3 is 19.9 Å². The average Bonchev–Trinajstić information content (AvgIpc) is 3.05. The molecule has 0 bridgehead atoms. The minimum atomic E-state index is -0.457. The van der Waals surface area contributed by atoms with E-state index in [9.17, 15) is 18.8 Å². The summed E-state index contributed by atoms with van der Waals surface area (Å²) in [5, 5.41) is 2.84. The van der Waals surface area contributed by atoms with Crippen LogP contribution in [0.3, 0.4) is 0 Å². The number of benzene rings is 1. The molecule has 1 saturated heterocycles. The van der Waals surface area contributed by atoms with Crippen molar-refractivity contribution >= 4 is 17.8 Å². The van der Waals surface area contributed by atoms with E-state index in [0.717, 1.165) is 0 Å². The molecule has 166 valence electrons. The number of piperidine rings is 1. The Morgan fingerprint density at radius 2 is 2.06 bits per heavy atom. The molecular formula is C23H28FN3O4. The quantitative estimate of drug-likeness (QED) is 0.691. The second kappa shape index (κ2) is 9.76. The molecule has 1 fully saturated rings. The number of H-pyrrole nitrogens is 1. The van der Waals surface area contributed by atoms with E-state index < -0.39 is 5.97 Å². The first kappa shape index (κ1) is 22.5. The van der Waals surface area contributed by atoms with Gasteiger partial charge in [0.05, 0.1) is 18.1 Å². The molecule has 2 amide bonds. The molecule has 2 aromatic rings. The second-order valence-electron chi connectivity index (χ2n) is 7.78. The standard InChI is InChI=1S/C23H28FN3O4/c1-4-31-23(30)19-14(2)20(26-15(19)3)22(29)27-10-6-8-17(13-27)21(28)25-12-16-7-5-9-18(24)11-16/h5,7,9,11,17,26H,4,6,8,10,12-13H2,1-3H3,(H,25,28)/t17-/m0/s1. The number of hydrogen-bond acceptors (Lipinski definition) is 4. The number of likely N-dealkylation sites (tertiary alicyclic amines) is 1. The van der Waals surface area contributed by atoms with E-state index in [4.69, 9.17) is 4.74 Å². The zero-order chi connectivity index (χ0) is 22.5. The molecule has 8 heteroatoms. The first-order valence-electron chi connectivity index (χ1n) is 10.5. The van der Waals surface area contributed by atoms with Crippen molar-refractivity contribution < 1.29 is 23.5 Å². The number of ether oxygens (including phenoxy) is 1. The summed E-state index contributed by atoms with van der Waals surface area (Å²) >= 11 is 0. The van der Waals surface area contributed by atoms with E-state index in [1.165, 1.54) is 12.1 Å². The van der Waals surface area contributed by atoms with Gasteiger partial charge in [-0.15, -0.1) is 0 Å². The molecule has 7 nitrogen and oxygen atoms in total. The molecule has 1 aromatic heterocycles. The smallest absolute Gasteiger partial charge is 0.340 e. The lowest BCUT2D eigenvalue weighted by Gasteiger charge is -2.32. The number of hydrogen-bond donors (Lipinski definition) is 2. The molecule has 0 unspecified atom stereocenters. The summed E-state index contributed by atoms with van der Waals surface area (Å²) < 4.78 is 18.4. The van der Waals surface area contributed by atoms with Crippen LogP contribution in [0.5, 0.6) is 0 Å². The van der Waals surface area contributed by atoms with Crippen LogP contribution >= 0.6 is 0 Å². The molecule has 1 atom stereocenters. The van der Waals surface area contributed by atoms with Gasteiger partial charge in [-0.25, -0.2) is 9.18 Å². The molecule has 1 aromatic carbocycles. The Kier molecular flexibility index (Phi) is 7.09. The van der Waals surface area contributed by atoms with E-state index in [1.54, 1.807) is 37.8 Å². The van der Waals surface area contributed by atoms with E-state index >= 15 is 0 Å². The largest absolute Gasteiger partial charge is 0.462 e. The number of rotatable bonds is 6. The highest BCUT2D eigenvalue weighted by molar-refractivity contribution is 6.00. The fourth-order valence-electron chi connectivity index (χ4n) is 3.99. The van der Waals surface area contributed by atoms with Crippen LogP contribution in [0.2, 0.25) is 0 Å². The van der Waals surface area contributed by atoms with Crippen molar-refractivity contribution in [3.8, 4) is 0 Å². The van der Waals surface area contributed by atoms with Crippen LogP contribution in [0, 0.1) is 25.6 Å². The molecule has 3 rings (SSSR count). The van der Waals surface area contributed by atoms with Crippen molar-refractivity contribution in [2.75, 3.05) is 19.7 Å². The molecule has 1 aliphatic rings. The molecular weight excluding hydrogens is 401 g/mol. The van der Waals surface area contributed by atoms with Crippen LogP contribution in [0.25, 0.3) is 0 Å². The molecule has 1 aliphatic heterocycles. The monoisotopic (exact) mass is 429 g/mol. The highest BCUT2D eigenvalue weighted by Gasteiger charge is 2.31. The number of carbonyl (C=O) groups is 3. The Hall–Kier alpha value is -3.16. The Morgan fingerprint density at radius 1 is 1.29 bits per heavy atom. The first-order chi connectivity index (χ1) is 14.8. The lowest BCUT2D eigenvalue weighted by atomic mass is 9.96. The number of nitrogens with zero attached hydrogens (tertiary/aromatic N) is 1. The lowest BCUT2D eigenvalue weighted by molar-refractivity contribution is -0.126. The summed E-state index contributed by atoms with van der Waals surface area (Å²) in [5.41, 5.74) is 2.55. The summed E-state index contributed by atoms with van der Waals surface area (Å²) in [7, 11) is 0. The van der Waals surface area contributed by atoms with Gasteiger partial charge in [-0.05, 0) is 56.9 Å². The Morgan fingerprint density at radius 3 is 2.77 bits per heavy atom. The van der Waals surface area contributed by atoms with Crippen LogP contribution in [0.1, 0.15) is 57.4 Å². The maximum Gasteiger partial charge on any atom is 0.340 e. The third-order valence-electron chi connectivity index (χ3n) is 5.57. The number of aromatic amines is 1. The van der Waals surface area contributed by atoms with Crippen molar-refractivity contribution in [3.05, 3.63) is 58.2 Å². The van der Waals surface area contributed by atoms with Crippen LogP contribution < -0.4 is 5.32 Å². The minimum Gasteiger partial charge on any atom is -0.462 e. The summed E-state index contributed by atoms with van der Waals surface area (Å²) in [5.74, 6) is -1.54. The fourth-order valence-corrected chi connectivity index (χ4v) is 3.99. The van der Waals surface area contributed by atoms with Crippen molar-refractivity contribution in [1.29, 1.82) is 0 Å². The number of amides is 2. The zero-order valence-electron chi connectivity index (χ0n) is 18.1. The molecule has 0 radical (unpaired) electrons. The normalized spacial score (nSPS) is 16.1. The predicted molar refractivity (Wildman–Crippen MR) is 113 cm³/mol. The van der Waals surface area contributed by atoms with Crippen molar-refractivity contribution in [3.63, 3.8) is 0 Å². The topological polar surface area (TPSA) is 91.5 Å². The second-order valence-corrected chi connectivity index (χ2v) is 7.78. The number of esters is 1. The van der Waals surface area contributed by atoms with Gasteiger partial charge in [0.2, 0.25) is 5.91 Å². The highest BCUT2D eigenvalue weighted by atomic mass is 19.1. The summed E-state index contributed by atoms with van der Waals surface area (Å²) in [6, 6.07) is 6.09. The van der Waals surface area contributed by atoms with Gasteiger partial charge in [0, 0.05) is 25.3 Å². The summed E-state index contributed by atoms with van der Waals surface area (Å²) in [4.78, 5) is 42.6. The van der Waals surface area contributed by atoms with Crippen molar-refractivity contribution in [1.82, 2.24) is 15.2 Å². The number of carbonyl (C=O) groups excluding carboxylic acids is 3. The highest BCUT2D eigenvalue weighted by Crippen LogP contribution is 2.24. The first-order valence-corrected chi connectivity index (χ1v) is 10.5. The van der Waals surface area contributed by atoms with Gasteiger partial charge >= 0.3 is 5.97 Å². The Balaban J connectivity index is 1.66. The van der Waals surface area contributed by atoms with Gasteiger partial charge in [-0.3, -0.25) is 9.59 Å². The third-order valence-corrected chi connectivity index (χ3v) is 5.57. The molecule has 0 saturated carbocycles. The number of aryl methyl sites for hydroxylation is 1. The molecule has 31 heavy (non-hydrogen) atoms. The van der Waals surface area contributed by atoms with Crippen LogP contribution in [0.4, 0.5) is 4.39 Å². The van der Waals surface area contributed by atoms with Gasteiger partial charge in [-0.2, -0.15) is 0 Å². The molecule has 0 spiro atoms. The SMILES string of the molecule is CCOC(=O)c1c(C)[nH]c(C(=O)N2CCC[C@H](C(=O)NCc3cccc(F)c3)C2)c1C. The maximum absolute atomic E-state index is 13.3. The minimum absolute atomic E-state index is 0.159. The lowest BCUT2D eigenvalue weighted by Crippen LogP contribution is -2.45. The van der Waals surface area contributed by atoms with Gasteiger partial charge in [0.1, 0.15) is 11.5 Å². The van der Waals surface area contributed by atoms with Crippen LogP contribution in [0.15, 0.2) is 24.3 Å².